The summed E-state index contributed by atoms with van der Waals surface area (Å²) >= 11 is 13.3. The van der Waals surface area contributed by atoms with Gasteiger partial charge in [-0.3, -0.25) is 4.90 Å². The Balaban J connectivity index is 1.75. The van der Waals surface area contributed by atoms with Crippen molar-refractivity contribution in [2.24, 2.45) is 0 Å². The molecule has 32 heavy (non-hydrogen) atoms. The van der Waals surface area contributed by atoms with Crippen LogP contribution >= 0.6 is 23.2 Å². The number of rotatable bonds is 7. The first kappa shape index (κ1) is 22.7. The van der Waals surface area contributed by atoms with E-state index in [9.17, 15) is 0 Å². The number of nitrogens with one attached hydrogen (secondary N) is 1. The molecule has 170 valence electrons. The largest absolute Gasteiger partial charge is 0.495 e. The lowest BCUT2D eigenvalue weighted by molar-refractivity contribution is 0.0398. The van der Waals surface area contributed by atoms with E-state index in [4.69, 9.17) is 48.1 Å². The van der Waals surface area contributed by atoms with Gasteiger partial charge in [-0.2, -0.15) is 0 Å². The number of fused-ring (bicyclic) bond motifs is 1. The van der Waals surface area contributed by atoms with Gasteiger partial charge in [0.25, 0.3) is 0 Å². The van der Waals surface area contributed by atoms with E-state index in [-0.39, 0.29) is 0 Å². The summed E-state index contributed by atoms with van der Waals surface area (Å²) in [5.74, 6) is 1.99. The van der Waals surface area contributed by atoms with Crippen molar-refractivity contribution in [3.63, 3.8) is 0 Å². The molecule has 0 bridgehead atoms. The molecule has 0 radical (unpaired) electrons. The Labute approximate surface area is 196 Å². The molecule has 3 heterocycles. The Kier molecular flexibility index (Phi) is 7.05. The van der Waals surface area contributed by atoms with Crippen LogP contribution < -0.4 is 20.5 Å². The standard InChI is InChI=1S/C22H25Cl2N5O3/c1-30-16-11-17(31-2)21(24)19(20(16)23)15-9-13-12-27-18(25)10-14(13)22(28-15)26-3-4-29-5-7-32-8-6-29/h9-12H,3-8H2,1-2H3,(H2,25,27)(H,26,28). The highest BCUT2D eigenvalue weighted by atomic mass is 35.5. The number of benzene rings is 1. The third kappa shape index (κ3) is 4.63. The number of aromatic nitrogens is 2. The molecule has 0 amide bonds. The molecule has 10 heteroatoms. The van der Waals surface area contributed by atoms with Gasteiger partial charge in [0.15, 0.2) is 0 Å². The van der Waals surface area contributed by atoms with Crippen LogP contribution in [0.5, 0.6) is 11.5 Å². The fraction of sp³-hybridized carbons (Fsp3) is 0.364. The maximum atomic E-state index is 6.63. The second-order valence-corrected chi connectivity index (χ2v) is 8.11. The maximum absolute atomic E-state index is 6.63. The topological polar surface area (TPSA) is 94.8 Å². The average molecular weight is 478 g/mol. The summed E-state index contributed by atoms with van der Waals surface area (Å²) < 4.78 is 16.2. The highest BCUT2D eigenvalue weighted by Gasteiger charge is 2.21. The molecule has 3 N–H and O–H groups in total. The maximum Gasteiger partial charge on any atom is 0.141 e. The molecule has 1 fully saturated rings. The van der Waals surface area contributed by atoms with Crippen LogP contribution in [0.25, 0.3) is 22.0 Å². The molecular formula is C22H25Cl2N5O3. The minimum atomic E-state index is 0.354. The van der Waals surface area contributed by atoms with Gasteiger partial charge in [0.2, 0.25) is 0 Å². The van der Waals surface area contributed by atoms with E-state index in [0.29, 0.717) is 51.0 Å². The highest BCUT2D eigenvalue weighted by Crippen LogP contribution is 2.46. The Morgan fingerprint density at radius 1 is 1.09 bits per heavy atom. The third-order valence-corrected chi connectivity index (χ3v) is 6.14. The smallest absolute Gasteiger partial charge is 0.141 e. The van der Waals surface area contributed by atoms with Crippen molar-refractivity contribution in [3.05, 3.63) is 34.4 Å². The number of halogens is 2. The molecule has 2 aromatic heterocycles. The molecule has 0 atom stereocenters. The number of nitrogens with zero attached hydrogens (tertiary/aromatic N) is 3. The number of anilines is 2. The van der Waals surface area contributed by atoms with E-state index in [1.54, 1.807) is 18.3 Å². The number of morpholine rings is 1. The van der Waals surface area contributed by atoms with Gasteiger partial charge in [-0.25, -0.2) is 9.97 Å². The molecule has 0 saturated carbocycles. The summed E-state index contributed by atoms with van der Waals surface area (Å²) in [5, 5.41) is 5.87. The number of hydrogen-bond acceptors (Lipinski definition) is 8. The molecule has 1 saturated heterocycles. The third-order valence-electron chi connectivity index (χ3n) is 5.39. The summed E-state index contributed by atoms with van der Waals surface area (Å²) in [6, 6.07) is 5.33. The number of nitrogen functional groups attached to an aromatic ring is 1. The average Bonchev–Trinajstić information content (AvgIpc) is 2.80. The predicted octanol–water partition coefficient (Wildman–Crippen LogP) is 3.95. The molecule has 1 aromatic carbocycles. The monoisotopic (exact) mass is 477 g/mol. The van der Waals surface area contributed by atoms with E-state index in [1.807, 2.05) is 6.07 Å². The van der Waals surface area contributed by atoms with Gasteiger partial charge < -0.3 is 25.3 Å². The van der Waals surface area contributed by atoms with Gasteiger partial charge in [0.05, 0.1) is 43.2 Å². The van der Waals surface area contributed by atoms with Crippen molar-refractivity contribution in [1.82, 2.24) is 14.9 Å². The van der Waals surface area contributed by atoms with Crippen molar-refractivity contribution in [2.75, 3.05) is 64.7 Å². The quantitative estimate of drug-likeness (QED) is 0.527. The lowest BCUT2D eigenvalue weighted by Gasteiger charge is -2.26. The minimum Gasteiger partial charge on any atom is -0.495 e. The number of pyridine rings is 2. The zero-order chi connectivity index (χ0) is 22.7. The van der Waals surface area contributed by atoms with Gasteiger partial charge >= 0.3 is 0 Å². The SMILES string of the molecule is COc1cc(OC)c(Cl)c(-c2cc3cnc(N)cc3c(NCCN3CCOCC3)n2)c1Cl. The van der Waals surface area contributed by atoms with E-state index < -0.39 is 0 Å². The normalized spacial score (nSPS) is 14.5. The first-order valence-electron chi connectivity index (χ1n) is 10.2. The van der Waals surface area contributed by atoms with Crippen molar-refractivity contribution in [2.45, 2.75) is 0 Å². The Morgan fingerprint density at radius 3 is 2.44 bits per heavy atom. The van der Waals surface area contributed by atoms with Crippen LogP contribution in [-0.4, -0.2) is 68.5 Å². The van der Waals surface area contributed by atoms with Crippen LogP contribution in [0.15, 0.2) is 24.4 Å². The minimum absolute atomic E-state index is 0.354. The van der Waals surface area contributed by atoms with Crippen LogP contribution in [0.2, 0.25) is 10.0 Å². The molecule has 3 aromatic rings. The molecular weight excluding hydrogens is 453 g/mol. The van der Waals surface area contributed by atoms with Gasteiger partial charge in [0, 0.05) is 54.8 Å². The number of methoxy groups -OCH3 is 2. The van der Waals surface area contributed by atoms with Crippen molar-refractivity contribution >= 4 is 45.6 Å². The van der Waals surface area contributed by atoms with E-state index in [2.05, 4.69) is 15.2 Å². The second-order valence-electron chi connectivity index (χ2n) is 7.35. The number of hydrogen-bond donors (Lipinski definition) is 2. The predicted molar refractivity (Wildman–Crippen MR) is 128 cm³/mol. The fourth-order valence-corrected chi connectivity index (χ4v) is 4.39. The lowest BCUT2D eigenvalue weighted by atomic mass is 10.1. The molecule has 0 unspecified atom stereocenters. The first-order chi connectivity index (χ1) is 15.5. The van der Waals surface area contributed by atoms with Crippen molar-refractivity contribution in [3.8, 4) is 22.8 Å². The summed E-state index contributed by atoms with van der Waals surface area (Å²) in [4.78, 5) is 11.4. The zero-order valence-electron chi connectivity index (χ0n) is 18.0. The lowest BCUT2D eigenvalue weighted by Crippen LogP contribution is -2.39. The Morgan fingerprint density at radius 2 is 1.78 bits per heavy atom. The summed E-state index contributed by atoms with van der Waals surface area (Å²) in [6.45, 7) is 4.92. The van der Waals surface area contributed by atoms with Gasteiger partial charge in [-0.05, 0) is 12.1 Å². The van der Waals surface area contributed by atoms with E-state index in [0.717, 1.165) is 43.6 Å². The first-order valence-corrected chi connectivity index (χ1v) is 11.0. The van der Waals surface area contributed by atoms with Crippen LogP contribution in [0.4, 0.5) is 11.6 Å². The van der Waals surface area contributed by atoms with Crippen LogP contribution in [-0.2, 0) is 4.74 Å². The Bertz CT molecular complexity index is 1090. The molecule has 4 rings (SSSR count). The number of nitrogens with two attached hydrogens (primary N) is 1. The van der Waals surface area contributed by atoms with Crippen LogP contribution in [0.3, 0.4) is 0 Å². The molecule has 0 spiro atoms. The summed E-state index contributed by atoms with van der Waals surface area (Å²) in [5.41, 5.74) is 7.05. The molecule has 1 aliphatic rings. The van der Waals surface area contributed by atoms with Gasteiger partial charge in [-0.15, -0.1) is 0 Å². The molecule has 0 aliphatic carbocycles. The van der Waals surface area contributed by atoms with Crippen LogP contribution in [0.1, 0.15) is 0 Å². The van der Waals surface area contributed by atoms with Crippen molar-refractivity contribution in [1.29, 1.82) is 0 Å². The summed E-state index contributed by atoms with van der Waals surface area (Å²) in [7, 11) is 3.08. The number of ether oxygens (including phenoxy) is 3. The van der Waals surface area contributed by atoms with E-state index >= 15 is 0 Å². The highest BCUT2D eigenvalue weighted by molar-refractivity contribution is 6.41. The molecule has 8 nitrogen and oxygen atoms in total. The van der Waals surface area contributed by atoms with Crippen molar-refractivity contribution < 1.29 is 14.2 Å². The fourth-order valence-electron chi connectivity index (χ4n) is 3.69. The zero-order valence-corrected chi connectivity index (χ0v) is 19.5. The van der Waals surface area contributed by atoms with Crippen LogP contribution in [0, 0.1) is 0 Å². The second kappa shape index (κ2) is 9.95. The Hall–Kier alpha value is -2.52. The molecule has 1 aliphatic heterocycles. The van der Waals surface area contributed by atoms with E-state index in [1.165, 1.54) is 14.2 Å². The van der Waals surface area contributed by atoms with Gasteiger partial charge in [-0.1, -0.05) is 23.2 Å². The van der Waals surface area contributed by atoms with Gasteiger partial charge in [0.1, 0.15) is 23.1 Å². The summed E-state index contributed by atoms with van der Waals surface area (Å²) in [6.07, 6.45) is 1.71.